The number of rotatable bonds is 5. The number of aryl methyl sites for hydroxylation is 2. The largest absolute Gasteiger partial charge is 0.352 e. The molecule has 0 saturated heterocycles. The van der Waals surface area contributed by atoms with Crippen LogP contribution in [0.1, 0.15) is 28.0 Å². The first-order valence-corrected chi connectivity index (χ1v) is 6.43. The number of carbonyl (C=O) groups is 1. The van der Waals surface area contributed by atoms with Crippen molar-refractivity contribution in [1.29, 1.82) is 0 Å². The fourth-order valence-corrected chi connectivity index (χ4v) is 1.97. The maximum absolute atomic E-state index is 11.9. The van der Waals surface area contributed by atoms with Gasteiger partial charge in [-0.2, -0.15) is 5.10 Å². The predicted octanol–water partition coefficient (Wildman–Crippen LogP) is 2.13. The standard InChI is InChI=1S/C13H15ClN4O/c1-9-10(7-17-18-9)3-2-5-16-13(19)11-4-6-15-8-12(11)14/h4,6-8H,2-3,5H2,1H3,(H,16,19)(H,17,18). The monoisotopic (exact) mass is 278 g/mol. The lowest BCUT2D eigenvalue weighted by molar-refractivity contribution is 0.0953. The van der Waals surface area contributed by atoms with Crippen molar-refractivity contribution >= 4 is 17.5 Å². The van der Waals surface area contributed by atoms with E-state index in [-0.39, 0.29) is 5.91 Å². The van der Waals surface area contributed by atoms with Crippen LogP contribution in [0.15, 0.2) is 24.7 Å². The molecule has 0 aliphatic carbocycles. The second-order valence-electron chi connectivity index (χ2n) is 4.24. The molecular weight excluding hydrogens is 264 g/mol. The van der Waals surface area contributed by atoms with Gasteiger partial charge in [0.25, 0.3) is 5.91 Å². The number of nitrogens with zero attached hydrogens (tertiary/aromatic N) is 2. The zero-order valence-corrected chi connectivity index (χ0v) is 11.4. The molecule has 0 aliphatic rings. The summed E-state index contributed by atoms with van der Waals surface area (Å²) in [5.74, 6) is -0.170. The summed E-state index contributed by atoms with van der Waals surface area (Å²) in [6.07, 6.45) is 6.57. The molecule has 0 radical (unpaired) electrons. The van der Waals surface area contributed by atoms with Crippen LogP contribution < -0.4 is 5.32 Å². The van der Waals surface area contributed by atoms with Gasteiger partial charge in [0.05, 0.1) is 16.8 Å². The van der Waals surface area contributed by atoms with Crippen molar-refractivity contribution in [3.63, 3.8) is 0 Å². The van der Waals surface area contributed by atoms with Crippen LogP contribution in [0.25, 0.3) is 0 Å². The lowest BCUT2D eigenvalue weighted by Gasteiger charge is -2.06. The van der Waals surface area contributed by atoms with Crippen LogP contribution in [0.5, 0.6) is 0 Å². The van der Waals surface area contributed by atoms with Crippen molar-refractivity contribution in [3.8, 4) is 0 Å². The predicted molar refractivity (Wildman–Crippen MR) is 73.2 cm³/mol. The molecular formula is C13H15ClN4O. The molecule has 0 aliphatic heterocycles. The van der Waals surface area contributed by atoms with Gasteiger partial charge in [0.15, 0.2) is 0 Å². The summed E-state index contributed by atoms with van der Waals surface area (Å²) in [6, 6.07) is 1.61. The molecule has 0 saturated carbocycles. The number of pyridine rings is 1. The molecule has 2 aromatic heterocycles. The van der Waals surface area contributed by atoms with Crippen LogP contribution in [-0.2, 0) is 6.42 Å². The highest BCUT2D eigenvalue weighted by Crippen LogP contribution is 2.12. The quantitative estimate of drug-likeness (QED) is 0.823. The summed E-state index contributed by atoms with van der Waals surface area (Å²) < 4.78 is 0. The van der Waals surface area contributed by atoms with Crippen LogP contribution in [0.2, 0.25) is 5.02 Å². The van der Waals surface area contributed by atoms with Gasteiger partial charge in [-0.05, 0) is 31.4 Å². The summed E-state index contributed by atoms with van der Waals surface area (Å²) in [4.78, 5) is 15.7. The Hall–Kier alpha value is -1.88. The van der Waals surface area contributed by atoms with Gasteiger partial charge in [0.1, 0.15) is 0 Å². The van der Waals surface area contributed by atoms with Gasteiger partial charge >= 0.3 is 0 Å². The number of H-pyrrole nitrogens is 1. The summed E-state index contributed by atoms with van der Waals surface area (Å²) in [5.41, 5.74) is 2.70. The second kappa shape index (κ2) is 6.33. The Morgan fingerprint density at radius 2 is 2.32 bits per heavy atom. The van der Waals surface area contributed by atoms with Gasteiger partial charge in [-0.1, -0.05) is 11.6 Å². The van der Waals surface area contributed by atoms with E-state index in [2.05, 4.69) is 20.5 Å². The molecule has 0 atom stereocenters. The third kappa shape index (κ3) is 3.54. The zero-order chi connectivity index (χ0) is 13.7. The van der Waals surface area contributed by atoms with E-state index in [1.807, 2.05) is 13.1 Å². The maximum atomic E-state index is 11.9. The maximum Gasteiger partial charge on any atom is 0.252 e. The summed E-state index contributed by atoms with van der Waals surface area (Å²) in [5, 5.41) is 10.1. The Morgan fingerprint density at radius 3 is 3.00 bits per heavy atom. The summed E-state index contributed by atoms with van der Waals surface area (Å²) >= 11 is 5.90. The molecule has 2 N–H and O–H groups in total. The number of hydrogen-bond donors (Lipinski definition) is 2. The lowest BCUT2D eigenvalue weighted by atomic mass is 10.1. The van der Waals surface area contributed by atoms with E-state index in [9.17, 15) is 4.79 Å². The molecule has 0 spiro atoms. The minimum Gasteiger partial charge on any atom is -0.352 e. The summed E-state index contributed by atoms with van der Waals surface area (Å²) in [6.45, 7) is 2.58. The Morgan fingerprint density at radius 1 is 1.47 bits per heavy atom. The van der Waals surface area contributed by atoms with Gasteiger partial charge in [-0.15, -0.1) is 0 Å². The molecule has 2 aromatic rings. The minimum absolute atomic E-state index is 0.170. The van der Waals surface area contributed by atoms with Gasteiger partial charge < -0.3 is 5.32 Å². The normalized spacial score (nSPS) is 10.4. The van der Waals surface area contributed by atoms with Crippen molar-refractivity contribution in [2.75, 3.05) is 6.54 Å². The van der Waals surface area contributed by atoms with E-state index in [1.165, 1.54) is 11.8 Å². The molecule has 0 bridgehead atoms. The first kappa shape index (κ1) is 13.5. The highest BCUT2D eigenvalue weighted by Gasteiger charge is 2.09. The van der Waals surface area contributed by atoms with Gasteiger partial charge in [0, 0.05) is 24.6 Å². The lowest BCUT2D eigenvalue weighted by Crippen LogP contribution is -2.25. The SMILES string of the molecule is Cc1[nH]ncc1CCCNC(=O)c1ccncc1Cl. The van der Waals surface area contributed by atoms with E-state index < -0.39 is 0 Å². The molecule has 0 fully saturated rings. The van der Waals surface area contributed by atoms with Crippen molar-refractivity contribution in [3.05, 3.63) is 46.5 Å². The number of hydrogen-bond acceptors (Lipinski definition) is 3. The average molecular weight is 279 g/mol. The highest BCUT2D eigenvalue weighted by atomic mass is 35.5. The first-order valence-electron chi connectivity index (χ1n) is 6.05. The van der Waals surface area contributed by atoms with Crippen LogP contribution >= 0.6 is 11.6 Å². The number of nitrogens with one attached hydrogen (secondary N) is 2. The fourth-order valence-electron chi connectivity index (χ4n) is 1.76. The number of amides is 1. The number of halogens is 1. The van der Waals surface area contributed by atoms with Gasteiger partial charge in [0.2, 0.25) is 0 Å². The Bertz CT molecular complexity index is 567. The minimum atomic E-state index is -0.170. The Labute approximate surface area is 116 Å². The molecule has 100 valence electrons. The number of aromatic amines is 1. The molecule has 6 heteroatoms. The van der Waals surface area contributed by atoms with Crippen molar-refractivity contribution in [2.45, 2.75) is 19.8 Å². The zero-order valence-electron chi connectivity index (χ0n) is 10.6. The van der Waals surface area contributed by atoms with Crippen LogP contribution in [0.3, 0.4) is 0 Å². The van der Waals surface area contributed by atoms with Crippen LogP contribution in [0.4, 0.5) is 0 Å². The molecule has 1 amide bonds. The molecule has 2 rings (SSSR count). The Balaban J connectivity index is 1.79. The smallest absolute Gasteiger partial charge is 0.252 e. The highest BCUT2D eigenvalue weighted by molar-refractivity contribution is 6.33. The van der Waals surface area contributed by atoms with E-state index in [0.717, 1.165) is 18.5 Å². The number of carbonyl (C=O) groups excluding carboxylic acids is 1. The van der Waals surface area contributed by atoms with Crippen LogP contribution in [0, 0.1) is 6.92 Å². The van der Waals surface area contributed by atoms with Crippen molar-refractivity contribution in [2.24, 2.45) is 0 Å². The average Bonchev–Trinajstić information content (AvgIpc) is 2.80. The molecule has 2 heterocycles. The molecule has 5 nitrogen and oxygen atoms in total. The van der Waals surface area contributed by atoms with E-state index in [0.29, 0.717) is 17.1 Å². The van der Waals surface area contributed by atoms with Gasteiger partial charge in [-0.3, -0.25) is 14.9 Å². The van der Waals surface area contributed by atoms with Crippen LogP contribution in [-0.4, -0.2) is 27.6 Å². The van der Waals surface area contributed by atoms with E-state index in [4.69, 9.17) is 11.6 Å². The Kier molecular flexibility index (Phi) is 4.52. The second-order valence-corrected chi connectivity index (χ2v) is 4.64. The molecule has 19 heavy (non-hydrogen) atoms. The third-order valence-electron chi connectivity index (χ3n) is 2.86. The summed E-state index contributed by atoms with van der Waals surface area (Å²) in [7, 11) is 0. The number of aromatic nitrogens is 3. The first-order chi connectivity index (χ1) is 9.18. The van der Waals surface area contributed by atoms with E-state index >= 15 is 0 Å². The molecule has 0 aromatic carbocycles. The third-order valence-corrected chi connectivity index (χ3v) is 3.16. The van der Waals surface area contributed by atoms with Crippen molar-refractivity contribution in [1.82, 2.24) is 20.5 Å². The van der Waals surface area contributed by atoms with Crippen molar-refractivity contribution < 1.29 is 4.79 Å². The molecule has 0 unspecified atom stereocenters. The van der Waals surface area contributed by atoms with E-state index in [1.54, 1.807) is 12.3 Å². The topological polar surface area (TPSA) is 70.7 Å². The van der Waals surface area contributed by atoms with Gasteiger partial charge in [-0.25, -0.2) is 0 Å². The fraction of sp³-hybridized carbons (Fsp3) is 0.308.